The summed E-state index contributed by atoms with van der Waals surface area (Å²) in [5.41, 5.74) is 5.61. The molecule has 1 aliphatic rings. The van der Waals surface area contributed by atoms with Crippen molar-refractivity contribution in [2.45, 2.75) is 19.4 Å². The van der Waals surface area contributed by atoms with Gasteiger partial charge in [0.15, 0.2) is 0 Å². The Kier molecular flexibility index (Phi) is 6.71. The molecule has 33 heavy (non-hydrogen) atoms. The minimum Gasteiger partial charge on any atom is -0.487 e. The summed E-state index contributed by atoms with van der Waals surface area (Å²) in [5.74, 6) is 0.848. The summed E-state index contributed by atoms with van der Waals surface area (Å²) in [7, 11) is 0. The lowest BCUT2D eigenvalue weighted by Crippen LogP contribution is -2.21. The topological polar surface area (TPSA) is 25.4 Å². The Morgan fingerprint density at radius 1 is 0.879 bits per heavy atom. The second kappa shape index (κ2) is 10.2. The van der Waals surface area contributed by atoms with Crippen molar-refractivity contribution in [2.75, 3.05) is 19.6 Å². The SMILES string of the molecule is Clc1ccc(C=C(CN2CCCC2)c2ccc(OCc3ccc4ccccc4n3)cc2)cc1. The van der Waals surface area contributed by atoms with Crippen LogP contribution in [0.3, 0.4) is 0 Å². The Labute approximate surface area is 200 Å². The maximum Gasteiger partial charge on any atom is 0.130 e. The first-order chi connectivity index (χ1) is 16.2. The smallest absolute Gasteiger partial charge is 0.130 e. The second-order valence-electron chi connectivity index (χ2n) is 8.51. The van der Waals surface area contributed by atoms with Crippen LogP contribution in [0, 0.1) is 0 Å². The Morgan fingerprint density at radius 3 is 2.42 bits per heavy atom. The van der Waals surface area contributed by atoms with Crippen molar-refractivity contribution in [2.24, 2.45) is 0 Å². The van der Waals surface area contributed by atoms with Gasteiger partial charge in [0.1, 0.15) is 12.4 Å². The fraction of sp³-hybridized carbons (Fsp3) is 0.207. The van der Waals surface area contributed by atoms with Crippen LogP contribution < -0.4 is 4.74 Å². The van der Waals surface area contributed by atoms with Crippen molar-refractivity contribution < 1.29 is 4.74 Å². The van der Waals surface area contributed by atoms with Crippen molar-refractivity contribution in [3.63, 3.8) is 0 Å². The van der Waals surface area contributed by atoms with Crippen LogP contribution in [0.15, 0.2) is 84.9 Å². The molecule has 0 amide bonds. The molecule has 0 bridgehead atoms. The van der Waals surface area contributed by atoms with E-state index >= 15 is 0 Å². The van der Waals surface area contributed by atoms with Gasteiger partial charge in [-0.25, -0.2) is 4.98 Å². The average molecular weight is 455 g/mol. The van der Waals surface area contributed by atoms with Gasteiger partial charge in [-0.2, -0.15) is 0 Å². The van der Waals surface area contributed by atoms with Crippen molar-refractivity contribution in [1.82, 2.24) is 9.88 Å². The molecule has 0 saturated carbocycles. The van der Waals surface area contributed by atoms with E-state index in [1.165, 1.54) is 24.0 Å². The third-order valence-electron chi connectivity index (χ3n) is 6.07. The van der Waals surface area contributed by atoms with E-state index in [4.69, 9.17) is 21.3 Å². The monoisotopic (exact) mass is 454 g/mol. The van der Waals surface area contributed by atoms with Crippen LogP contribution in [0.4, 0.5) is 0 Å². The fourth-order valence-electron chi connectivity index (χ4n) is 4.27. The molecule has 0 spiro atoms. The zero-order valence-corrected chi connectivity index (χ0v) is 19.3. The summed E-state index contributed by atoms with van der Waals surface area (Å²) in [6.07, 6.45) is 4.83. The maximum absolute atomic E-state index is 6.08. The van der Waals surface area contributed by atoms with Gasteiger partial charge in [0, 0.05) is 17.0 Å². The number of para-hydroxylation sites is 1. The number of rotatable bonds is 7. The van der Waals surface area contributed by atoms with Gasteiger partial charge >= 0.3 is 0 Å². The molecule has 0 unspecified atom stereocenters. The molecule has 4 heteroatoms. The molecule has 0 N–H and O–H groups in total. The minimum absolute atomic E-state index is 0.450. The van der Waals surface area contributed by atoms with E-state index in [1.807, 2.05) is 36.4 Å². The van der Waals surface area contributed by atoms with E-state index in [2.05, 4.69) is 59.5 Å². The Morgan fingerprint density at radius 2 is 1.64 bits per heavy atom. The van der Waals surface area contributed by atoms with E-state index < -0.39 is 0 Å². The number of fused-ring (bicyclic) bond motifs is 1. The average Bonchev–Trinajstić information content (AvgIpc) is 3.37. The van der Waals surface area contributed by atoms with Gasteiger partial charge < -0.3 is 4.74 Å². The van der Waals surface area contributed by atoms with E-state index in [0.717, 1.165) is 52.6 Å². The van der Waals surface area contributed by atoms with Gasteiger partial charge in [0.2, 0.25) is 0 Å². The number of hydrogen-bond donors (Lipinski definition) is 0. The number of likely N-dealkylation sites (tertiary alicyclic amines) is 1. The van der Waals surface area contributed by atoms with Gasteiger partial charge in [0.05, 0.1) is 11.2 Å². The zero-order chi connectivity index (χ0) is 22.5. The molecule has 2 heterocycles. The molecule has 1 aromatic heterocycles. The van der Waals surface area contributed by atoms with Gasteiger partial charge in [-0.3, -0.25) is 4.90 Å². The van der Waals surface area contributed by atoms with Crippen molar-refractivity contribution >= 4 is 34.2 Å². The highest BCUT2D eigenvalue weighted by Gasteiger charge is 2.14. The van der Waals surface area contributed by atoms with Crippen LogP contribution in [0.2, 0.25) is 5.02 Å². The number of aromatic nitrogens is 1. The van der Waals surface area contributed by atoms with E-state index in [0.29, 0.717) is 6.61 Å². The lowest BCUT2D eigenvalue weighted by molar-refractivity contribution is 0.302. The van der Waals surface area contributed by atoms with E-state index in [9.17, 15) is 0 Å². The molecule has 5 rings (SSSR count). The normalized spacial score (nSPS) is 14.6. The van der Waals surface area contributed by atoms with Crippen molar-refractivity contribution in [3.05, 3.63) is 107 Å². The fourth-order valence-corrected chi connectivity index (χ4v) is 4.40. The largest absolute Gasteiger partial charge is 0.487 e. The molecule has 0 radical (unpaired) electrons. The lowest BCUT2D eigenvalue weighted by Gasteiger charge is -2.18. The van der Waals surface area contributed by atoms with Gasteiger partial charge in [0.25, 0.3) is 0 Å². The maximum atomic E-state index is 6.08. The molecule has 3 nitrogen and oxygen atoms in total. The summed E-state index contributed by atoms with van der Waals surface area (Å²) < 4.78 is 6.03. The summed E-state index contributed by atoms with van der Waals surface area (Å²) >= 11 is 6.08. The number of pyridine rings is 1. The standard InChI is InChI=1S/C29H27ClN2O/c30-26-12-7-22(8-13-26)19-25(20-32-17-3-4-18-32)23-10-15-28(16-11-23)33-21-27-14-9-24-5-1-2-6-29(24)31-27/h1-2,5-16,19H,3-4,17-18,20-21H2. The first-order valence-electron chi connectivity index (χ1n) is 11.5. The Bertz CT molecular complexity index is 1240. The first-order valence-corrected chi connectivity index (χ1v) is 11.9. The molecule has 3 aromatic carbocycles. The van der Waals surface area contributed by atoms with Crippen molar-refractivity contribution in [1.29, 1.82) is 0 Å². The summed E-state index contributed by atoms with van der Waals surface area (Å²) in [5, 5.41) is 1.90. The van der Waals surface area contributed by atoms with Gasteiger partial charge in [-0.15, -0.1) is 0 Å². The highest BCUT2D eigenvalue weighted by molar-refractivity contribution is 6.30. The minimum atomic E-state index is 0.450. The molecule has 0 aliphatic carbocycles. The highest BCUT2D eigenvalue weighted by Crippen LogP contribution is 2.25. The third-order valence-corrected chi connectivity index (χ3v) is 6.32. The molecule has 1 saturated heterocycles. The predicted molar refractivity (Wildman–Crippen MR) is 138 cm³/mol. The number of ether oxygens (including phenoxy) is 1. The number of hydrogen-bond acceptors (Lipinski definition) is 3. The summed E-state index contributed by atoms with van der Waals surface area (Å²) in [6.45, 7) is 3.73. The number of benzene rings is 3. The van der Waals surface area contributed by atoms with Crippen LogP contribution in [-0.4, -0.2) is 29.5 Å². The van der Waals surface area contributed by atoms with Crippen LogP contribution in [0.5, 0.6) is 5.75 Å². The summed E-state index contributed by atoms with van der Waals surface area (Å²) in [6, 6.07) is 28.7. The molecular weight excluding hydrogens is 428 g/mol. The number of nitrogens with zero attached hydrogens (tertiary/aromatic N) is 2. The van der Waals surface area contributed by atoms with Crippen molar-refractivity contribution in [3.8, 4) is 5.75 Å². The summed E-state index contributed by atoms with van der Waals surface area (Å²) in [4.78, 5) is 7.22. The van der Waals surface area contributed by atoms with E-state index in [1.54, 1.807) is 0 Å². The molecule has 1 aliphatic heterocycles. The molecule has 1 fully saturated rings. The lowest BCUT2D eigenvalue weighted by atomic mass is 10.0. The van der Waals surface area contributed by atoms with Gasteiger partial charge in [-0.05, 0) is 85.1 Å². The Balaban J connectivity index is 1.31. The second-order valence-corrected chi connectivity index (χ2v) is 8.95. The molecule has 4 aromatic rings. The number of halogens is 1. The molecule has 166 valence electrons. The van der Waals surface area contributed by atoms with E-state index in [-0.39, 0.29) is 0 Å². The third kappa shape index (κ3) is 5.62. The van der Waals surface area contributed by atoms with Crippen LogP contribution in [0.1, 0.15) is 29.7 Å². The molecular formula is C29H27ClN2O. The Hall–Kier alpha value is -3.14. The highest BCUT2D eigenvalue weighted by atomic mass is 35.5. The zero-order valence-electron chi connectivity index (χ0n) is 18.6. The van der Waals surface area contributed by atoms with Gasteiger partial charge in [-0.1, -0.05) is 60.1 Å². The van der Waals surface area contributed by atoms with Crippen LogP contribution in [0.25, 0.3) is 22.6 Å². The quantitative estimate of drug-likeness (QED) is 0.278. The van der Waals surface area contributed by atoms with Crippen LogP contribution >= 0.6 is 11.6 Å². The van der Waals surface area contributed by atoms with Crippen LogP contribution in [-0.2, 0) is 6.61 Å². The molecule has 0 atom stereocenters. The predicted octanol–water partition coefficient (Wildman–Crippen LogP) is 7.10. The first kappa shape index (κ1) is 21.7.